The second kappa shape index (κ2) is 6.76. The van der Waals surface area contributed by atoms with Crippen LogP contribution in [0.5, 0.6) is 0 Å². The van der Waals surface area contributed by atoms with Gasteiger partial charge in [-0.2, -0.15) is 0 Å². The van der Waals surface area contributed by atoms with Crippen LogP contribution in [-0.4, -0.2) is 11.1 Å². The van der Waals surface area contributed by atoms with Gasteiger partial charge in [-0.25, -0.2) is 0 Å². The zero-order valence-corrected chi connectivity index (χ0v) is 13.4. The van der Waals surface area contributed by atoms with Gasteiger partial charge in [0.15, 0.2) is 0 Å². The molecule has 2 heteroatoms. The Balaban J connectivity index is 2.60. The van der Waals surface area contributed by atoms with Crippen LogP contribution in [0.3, 0.4) is 0 Å². The van der Waals surface area contributed by atoms with Gasteiger partial charge in [0.25, 0.3) is 0 Å². The number of hydrogen-bond acceptors (Lipinski definition) is 1. The summed E-state index contributed by atoms with van der Waals surface area (Å²) in [6, 6.07) is 0. The fourth-order valence-corrected chi connectivity index (χ4v) is 3.48. The monoisotopic (exact) mass is 268 g/mol. The number of aliphatic carboxylic acids is 1. The lowest BCUT2D eigenvalue weighted by molar-refractivity contribution is -0.146. The van der Waals surface area contributed by atoms with E-state index in [9.17, 15) is 9.90 Å². The van der Waals surface area contributed by atoms with Crippen LogP contribution in [0, 0.1) is 29.1 Å². The Bertz CT molecular complexity index is 288. The van der Waals surface area contributed by atoms with Gasteiger partial charge in [-0.15, -0.1) is 0 Å². The van der Waals surface area contributed by atoms with E-state index in [-0.39, 0.29) is 5.92 Å². The van der Waals surface area contributed by atoms with Crippen molar-refractivity contribution in [2.75, 3.05) is 0 Å². The van der Waals surface area contributed by atoms with Crippen molar-refractivity contribution >= 4 is 5.97 Å². The lowest BCUT2D eigenvalue weighted by Gasteiger charge is -2.40. The molecular weight excluding hydrogens is 236 g/mol. The average molecular weight is 268 g/mol. The van der Waals surface area contributed by atoms with Gasteiger partial charge in [0.1, 0.15) is 0 Å². The minimum absolute atomic E-state index is 0.0919. The number of carboxylic acids is 1. The largest absolute Gasteiger partial charge is 0.481 e. The highest BCUT2D eigenvalue weighted by atomic mass is 16.4. The SMILES string of the molecule is CC(C)CCCC1CC(C(C)(C)C)CCC1C(=O)O. The molecule has 1 saturated carbocycles. The highest BCUT2D eigenvalue weighted by Crippen LogP contribution is 2.44. The van der Waals surface area contributed by atoms with Crippen LogP contribution in [-0.2, 0) is 4.79 Å². The zero-order valence-electron chi connectivity index (χ0n) is 13.4. The van der Waals surface area contributed by atoms with E-state index in [2.05, 4.69) is 34.6 Å². The lowest BCUT2D eigenvalue weighted by atomic mass is 9.64. The Labute approximate surface area is 119 Å². The number of hydrogen-bond donors (Lipinski definition) is 1. The maximum absolute atomic E-state index is 11.4. The summed E-state index contributed by atoms with van der Waals surface area (Å²) in [6.07, 6.45) is 6.58. The number of carbonyl (C=O) groups is 1. The standard InChI is InChI=1S/C17H32O2/c1-12(2)7-6-8-13-11-14(17(3,4)5)9-10-15(13)16(18)19/h12-15H,6-11H2,1-5H3,(H,18,19). The highest BCUT2D eigenvalue weighted by Gasteiger charge is 2.38. The minimum Gasteiger partial charge on any atom is -0.481 e. The van der Waals surface area contributed by atoms with Crippen molar-refractivity contribution in [2.45, 2.75) is 73.1 Å². The van der Waals surface area contributed by atoms with E-state index >= 15 is 0 Å². The third-order valence-electron chi connectivity index (χ3n) is 4.88. The van der Waals surface area contributed by atoms with Crippen LogP contribution >= 0.6 is 0 Å². The molecule has 0 amide bonds. The molecule has 0 aromatic rings. The van der Waals surface area contributed by atoms with Gasteiger partial charge in [-0.3, -0.25) is 4.79 Å². The van der Waals surface area contributed by atoms with Crippen molar-refractivity contribution in [3.63, 3.8) is 0 Å². The Morgan fingerprint density at radius 2 is 1.89 bits per heavy atom. The molecule has 2 nitrogen and oxygen atoms in total. The molecule has 0 aromatic heterocycles. The molecule has 1 rings (SSSR count). The first-order valence-corrected chi connectivity index (χ1v) is 7.94. The molecular formula is C17H32O2. The predicted molar refractivity (Wildman–Crippen MR) is 80.1 cm³/mol. The molecule has 0 spiro atoms. The second-order valence-electron chi connectivity index (χ2n) is 7.91. The highest BCUT2D eigenvalue weighted by molar-refractivity contribution is 5.70. The first-order valence-electron chi connectivity index (χ1n) is 7.94. The van der Waals surface area contributed by atoms with Crippen LogP contribution in [0.4, 0.5) is 0 Å². The molecule has 3 atom stereocenters. The Morgan fingerprint density at radius 3 is 2.37 bits per heavy atom. The summed E-state index contributed by atoms with van der Waals surface area (Å²) < 4.78 is 0. The number of carboxylic acid groups (broad SMARTS) is 1. The third kappa shape index (κ3) is 5.16. The van der Waals surface area contributed by atoms with E-state index in [4.69, 9.17) is 0 Å². The van der Waals surface area contributed by atoms with Crippen LogP contribution in [0.15, 0.2) is 0 Å². The molecule has 1 fully saturated rings. The van der Waals surface area contributed by atoms with Crippen LogP contribution in [0.25, 0.3) is 0 Å². The van der Waals surface area contributed by atoms with Crippen molar-refractivity contribution in [2.24, 2.45) is 29.1 Å². The average Bonchev–Trinajstić information content (AvgIpc) is 2.26. The lowest BCUT2D eigenvalue weighted by Crippen LogP contribution is -2.35. The van der Waals surface area contributed by atoms with Crippen molar-refractivity contribution < 1.29 is 9.90 Å². The molecule has 19 heavy (non-hydrogen) atoms. The van der Waals surface area contributed by atoms with Crippen LogP contribution < -0.4 is 0 Å². The van der Waals surface area contributed by atoms with E-state index in [0.717, 1.165) is 31.6 Å². The summed E-state index contributed by atoms with van der Waals surface area (Å²) in [6.45, 7) is 11.4. The Hall–Kier alpha value is -0.530. The molecule has 1 N–H and O–H groups in total. The van der Waals surface area contributed by atoms with Gasteiger partial charge in [-0.05, 0) is 48.9 Å². The zero-order chi connectivity index (χ0) is 14.6. The van der Waals surface area contributed by atoms with Gasteiger partial charge in [0.05, 0.1) is 5.92 Å². The predicted octanol–water partition coefficient (Wildman–Crippen LogP) is 4.98. The molecule has 1 aliphatic carbocycles. The van der Waals surface area contributed by atoms with E-state index in [1.54, 1.807) is 0 Å². The molecule has 0 heterocycles. The van der Waals surface area contributed by atoms with Gasteiger partial charge in [-0.1, -0.05) is 47.5 Å². The Morgan fingerprint density at radius 1 is 1.26 bits per heavy atom. The molecule has 0 radical (unpaired) electrons. The second-order valence-corrected chi connectivity index (χ2v) is 7.91. The third-order valence-corrected chi connectivity index (χ3v) is 4.88. The fraction of sp³-hybridized carbons (Fsp3) is 0.941. The quantitative estimate of drug-likeness (QED) is 0.764. The Kier molecular flexibility index (Phi) is 5.88. The number of rotatable bonds is 5. The summed E-state index contributed by atoms with van der Waals surface area (Å²) in [5, 5.41) is 9.41. The van der Waals surface area contributed by atoms with Gasteiger partial charge in [0, 0.05) is 0 Å². The first-order chi connectivity index (χ1) is 8.71. The topological polar surface area (TPSA) is 37.3 Å². The van der Waals surface area contributed by atoms with Crippen molar-refractivity contribution in [1.82, 2.24) is 0 Å². The molecule has 1 aliphatic rings. The maximum Gasteiger partial charge on any atom is 0.306 e. The van der Waals surface area contributed by atoms with Crippen LogP contribution in [0.2, 0.25) is 0 Å². The van der Waals surface area contributed by atoms with E-state index in [1.807, 2.05) is 0 Å². The normalized spacial score (nSPS) is 28.6. The van der Waals surface area contributed by atoms with Gasteiger partial charge >= 0.3 is 5.97 Å². The molecule has 0 aromatic carbocycles. The smallest absolute Gasteiger partial charge is 0.306 e. The maximum atomic E-state index is 11.4. The minimum atomic E-state index is -0.568. The van der Waals surface area contributed by atoms with Crippen molar-refractivity contribution in [3.05, 3.63) is 0 Å². The van der Waals surface area contributed by atoms with Gasteiger partial charge < -0.3 is 5.11 Å². The van der Waals surface area contributed by atoms with E-state index in [0.29, 0.717) is 17.3 Å². The van der Waals surface area contributed by atoms with Crippen molar-refractivity contribution in [3.8, 4) is 0 Å². The van der Waals surface area contributed by atoms with E-state index < -0.39 is 5.97 Å². The molecule has 0 saturated heterocycles. The summed E-state index contributed by atoms with van der Waals surface area (Å²) >= 11 is 0. The summed E-state index contributed by atoms with van der Waals surface area (Å²) in [4.78, 5) is 11.4. The van der Waals surface area contributed by atoms with Crippen LogP contribution in [0.1, 0.15) is 73.1 Å². The van der Waals surface area contributed by atoms with Crippen molar-refractivity contribution in [1.29, 1.82) is 0 Å². The molecule has 112 valence electrons. The first kappa shape index (κ1) is 16.5. The molecule has 0 bridgehead atoms. The summed E-state index contributed by atoms with van der Waals surface area (Å²) in [5.74, 6) is 1.15. The molecule has 0 aliphatic heterocycles. The fourth-order valence-electron chi connectivity index (χ4n) is 3.48. The summed E-state index contributed by atoms with van der Waals surface area (Å²) in [7, 11) is 0. The van der Waals surface area contributed by atoms with E-state index in [1.165, 1.54) is 12.8 Å². The van der Waals surface area contributed by atoms with Gasteiger partial charge in [0.2, 0.25) is 0 Å². The molecule has 3 unspecified atom stereocenters. The summed E-state index contributed by atoms with van der Waals surface area (Å²) in [5.41, 5.74) is 0.319.